The number of fused-ring (bicyclic) bond motifs is 1. The number of thioether (sulfide) groups is 1. The summed E-state index contributed by atoms with van der Waals surface area (Å²) >= 11 is 1.83. The smallest absolute Gasteiger partial charge is 0.255 e. The van der Waals surface area contributed by atoms with E-state index < -0.39 is 6.04 Å². The summed E-state index contributed by atoms with van der Waals surface area (Å²) in [7, 11) is 0. The van der Waals surface area contributed by atoms with Crippen LogP contribution in [-0.4, -0.2) is 47.0 Å². The number of amides is 3. The van der Waals surface area contributed by atoms with Crippen LogP contribution in [0.1, 0.15) is 93.0 Å². The Bertz CT molecular complexity index is 1010. The Labute approximate surface area is 225 Å². The zero-order chi connectivity index (χ0) is 25.4. The predicted octanol–water partition coefficient (Wildman–Crippen LogP) is 4.90. The number of nitrogens with one attached hydrogen (secondary N) is 2. The van der Waals surface area contributed by atoms with Gasteiger partial charge in [-0.25, -0.2) is 0 Å². The van der Waals surface area contributed by atoms with E-state index in [1.165, 1.54) is 70.8 Å². The monoisotopic (exact) mass is 523 g/mol. The van der Waals surface area contributed by atoms with Crippen LogP contribution in [0.4, 0.5) is 0 Å². The molecule has 2 N–H and O–H groups in total. The average molecular weight is 524 g/mol. The number of carbonyl (C=O) groups is 3. The van der Waals surface area contributed by atoms with E-state index >= 15 is 0 Å². The van der Waals surface area contributed by atoms with Crippen LogP contribution in [0.15, 0.2) is 23.1 Å². The van der Waals surface area contributed by atoms with Gasteiger partial charge in [-0.3, -0.25) is 19.7 Å². The van der Waals surface area contributed by atoms with Crippen LogP contribution < -0.4 is 10.6 Å². The summed E-state index contributed by atoms with van der Waals surface area (Å²) in [5.74, 6) is 4.42. The topological polar surface area (TPSA) is 78.5 Å². The van der Waals surface area contributed by atoms with Crippen LogP contribution in [0.2, 0.25) is 0 Å². The summed E-state index contributed by atoms with van der Waals surface area (Å²) in [6.45, 7) is 1.65. The van der Waals surface area contributed by atoms with Crippen LogP contribution >= 0.6 is 11.8 Å². The molecular formula is C30H41N3O3S. The minimum atomic E-state index is -0.548. The molecule has 4 saturated carbocycles. The van der Waals surface area contributed by atoms with Gasteiger partial charge in [-0.1, -0.05) is 25.3 Å². The lowest BCUT2D eigenvalue weighted by atomic mass is 9.54. The number of nitrogens with zero attached hydrogens (tertiary/aromatic N) is 1. The zero-order valence-corrected chi connectivity index (χ0v) is 22.7. The third-order valence-electron chi connectivity index (χ3n) is 9.72. The third-order valence-corrected chi connectivity index (χ3v) is 10.9. The second kappa shape index (κ2) is 11.1. The molecule has 2 heterocycles. The number of benzene rings is 1. The molecule has 6 aliphatic rings. The molecule has 5 fully saturated rings. The molecule has 1 aromatic carbocycles. The molecule has 0 spiro atoms. The highest BCUT2D eigenvalue weighted by atomic mass is 32.2. The van der Waals surface area contributed by atoms with Crippen molar-refractivity contribution in [1.29, 1.82) is 0 Å². The van der Waals surface area contributed by atoms with Gasteiger partial charge in [0.2, 0.25) is 11.8 Å². The second-order valence-corrected chi connectivity index (χ2v) is 13.3. The van der Waals surface area contributed by atoms with Crippen molar-refractivity contribution in [3.8, 4) is 0 Å². The predicted molar refractivity (Wildman–Crippen MR) is 145 cm³/mol. The number of hydrogen-bond acceptors (Lipinski definition) is 5. The van der Waals surface area contributed by atoms with Crippen molar-refractivity contribution in [2.75, 3.05) is 12.3 Å². The highest BCUT2D eigenvalue weighted by molar-refractivity contribution is 7.99. The summed E-state index contributed by atoms with van der Waals surface area (Å²) in [4.78, 5) is 39.6. The lowest BCUT2D eigenvalue weighted by Crippen LogP contribution is -2.54. The van der Waals surface area contributed by atoms with Crippen LogP contribution in [0, 0.1) is 23.7 Å². The molecule has 37 heavy (non-hydrogen) atoms. The Kier molecular flexibility index (Phi) is 7.62. The summed E-state index contributed by atoms with van der Waals surface area (Å²) < 4.78 is 0. The van der Waals surface area contributed by atoms with E-state index in [1.807, 2.05) is 23.9 Å². The van der Waals surface area contributed by atoms with Gasteiger partial charge in [0.25, 0.3) is 5.91 Å². The van der Waals surface area contributed by atoms with E-state index in [0.29, 0.717) is 18.5 Å². The van der Waals surface area contributed by atoms with Gasteiger partial charge in [0.1, 0.15) is 6.04 Å². The summed E-state index contributed by atoms with van der Waals surface area (Å²) in [5, 5.41) is 6.35. The maximum absolute atomic E-state index is 13.0. The molecule has 7 heteroatoms. The van der Waals surface area contributed by atoms with E-state index in [9.17, 15) is 14.4 Å². The first-order chi connectivity index (χ1) is 18.1. The minimum absolute atomic E-state index is 0.0887. The summed E-state index contributed by atoms with van der Waals surface area (Å²) in [6.07, 6.45) is 14.5. The highest BCUT2D eigenvalue weighted by Gasteiger charge is 2.47. The maximum atomic E-state index is 13.0. The van der Waals surface area contributed by atoms with Crippen molar-refractivity contribution >= 4 is 29.5 Å². The van der Waals surface area contributed by atoms with Gasteiger partial charge >= 0.3 is 0 Å². The highest BCUT2D eigenvalue weighted by Crippen LogP contribution is 2.53. The first-order valence-corrected chi connectivity index (χ1v) is 15.7. The van der Waals surface area contributed by atoms with Gasteiger partial charge in [0.05, 0.1) is 0 Å². The van der Waals surface area contributed by atoms with Crippen LogP contribution in [0.3, 0.4) is 0 Å². The molecule has 6 nitrogen and oxygen atoms in total. The van der Waals surface area contributed by atoms with Gasteiger partial charge in [-0.15, -0.1) is 11.8 Å². The maximum Gasteiger partial charge on any atom is 0.255 e. The Hall–Kier alpha value is -1.86. The van der Waals surface area contributed by atoms with Crippen molar-refractivity contribution in [1.82, 2.24) is 15.5 Å². The van der Waals surface area contributed by atoms with Gasteiger partial charge in [-0.2, -0.15) is 0 Å². The molecule has 1 aromatic rings. The Morgan fingerprint density at radius 2 is 1.65 bits per heavy atom. The third kappa shape index (κ3) is 5.36. The second-order valence-electron chi connectivity index (χ2n) is 12.2. The van der Waals surface area contributed by atoms with Crippen molar-refractivity contribution < 1.29 is 14.4 Å². The molecule has 1 saturated heterocycles. The SMILES string of the molecule is O=C1CCC(N2Cc3c(SCCCCCCCNC4C5CC6CC(C5)CC4C6)cccc3C2=O)C(=O)N1. The molecule has 200 valence electrons. The number of unbranched alkanes of at least 4 members (excludes halogenated alkanes) is 4. The van der Waals surface area contributed by atoms with Crippen molar-refractivity contribution in [2.45, 2.75) is 101 Å². The molecule has 4 aliphatic carbocycles. The molecule has 4 bridgehead atoms. The van der Waals surface area contributed by atoms with E-state index in [0.717, 1.165) is 45.9 Å². The Morgan fingerprint density at radius 3 is 2.41 bits per heavy atom. The average Bonchev–Trinajstić information content (AvgIpc) is 3.21. The first-order valence-electron chi connectivity index (χ1n) is 14.7. The lowest BCUT2D eigenvalue weighted by Gasteiger charge is -2.54. The van der Waals surface area contributed by atoms with Gasteiger partial charge in [0, 0.05) is 29.5 Å². The quantitative estimate of drug-likeness (QED) is 0.245. The number of rotatable bonds is 11. The molecule has 0 aromatic heterocycles. The molecule has 1 atom stereocenters. The largest absolute Gasteiger partial charge is 0.322 e. The summed E-state index contributed by atoms with van der Waals surface area (Å²) in [6, 6.07) is 6.18. The Morgan fingerprint density at radius 1 is 0.919 bits per heavy atom. The fourth-order valence-electron chi connectivity index (χ4n) is 8.16. The van der Waals surface area contributed by atoms with E-state index in [2.05, 4.69) is 16.7 Å². The number of piperidine rings is 1. The van der Waals surface area contributed by atoms with Crippen LogP contribution in [0.25, 0.3) is 0 Å². The van der Waals surface area contributed by atoms with Gasteiger partial charge in [-0.05, 0) is 105 Å². The standard InChI is InChI=1S/C30H41N3O3S/c34-27-10-9-25(29(35)32-27)33-18-24-23(30(33)36)7-6-8-26(24)37-12-5-3-1-2-4-11-31-28-21-14-19-13-20(16-21)17-22(28)15-19/h6-8,19-22,25,28,31H,1-5,9-18H2,(H,32,34,35). The molecule has 2 aliphatic heterocycles. The van der Waals surface area contributed by atoms with Gasteiger partial charge in [0.15, 0.2) is 0 Å². The fourth-order valence-corrected chi connectivity index (χ4v) is 9.25. The molecule has 3 amide bonds. The number of carbonyl (C=O) groups excluding carboxylic acids is 3. The van der Waals surface area contributed by atoms with Crippen molar-refractivity contribution in [2.24, 2.45) is 23.7 Å². The van der Waals surface area contributed by atoms with Crippen molar-refractivity contribution in [3.05, 3.63) is 29.3 Å². The molecule has 0 radical (unpaired) electrons. The van der Waals surface area contributed by atoms with Gasteiger partial charge < -0.3 is 10.2 Å². The zero-order valence-electron chi connectivity index (χ0n) is 21.9. The molecular weight excluding hydrogens is 482 g/mol. The number of imide groups is 1. The van der Waals surface area contributed by atoms with Crippen LogP contribution in [-0.2, 0) is 16.1 Å². The lowest BCUT2D eigenvalue weighted by molar-refractivity contribution is -0.136. The summed E-state index contributed by atoms with van der Waals surface area (Å²) in [5.41, 5.74) is 1.75. The normalized spacial score (nSPS) is 32.2. The van der Waals surface area contributed by atoms with Crippen LogP contribution in [0.5, 0.6) is 0 Å². The van der Waals surface area contributed by atoms with Crippen molar-refractivity contribution in [3.63, 3.8) is 0 Å². The molecule has 7 rings (SSSR count). The van der Waals surface area contributed by atoms with E-state index in [1.54, 1.807) is 4.90 Å². The minimum Gasteiger partial charge on any atom is -0.322 e. The first kappa shape index (κ1) is 25.4. The van der Waals surface area contributed by atoms with E-state index in [-0.39, 0.29) is 24.1 Å². The van der Waals surface area contributed by atoms with E-state index in [4.69, 9.17) is 0 Å². The Balaban J connectivity index is 0.887. The fraction of sp³-hybridized carbons (Fsp3) is 0.700. The molecule has 1 unspecified atom stereocenters. The number of hydrogen-bond donors (Lipinski definition) is 2.